The Morgan fingerprint density at radius 2 is 2.00 bits per heavy atom. The maximum absolute atomic E-state index is 10.8. The molecule has 0 spiro atoms. The lowest BCUT2D eigenvalue weighted by atomic mass is 10.1. The molecule has 2 N–H and O–H groups in total. The molecule has 15 heavy (non-hydrogen) atoms. The summed E-state index contributed by atoms with van der Waals surface area (Å²) in [4.78, 5) is 0. The lowest BCUT2D eigenvalue weighted by Gasteiger charge is -2.01. The van der Waals surface area contributed by atoms with Crippen LogP contribution in [0.4, 0.5) is 0 Å². The van der Waals surface area contributed by atoms with Crippen molar-refractivity contribution in [1.29, 1.82) is 0 Å². The second kappa shape index (κ2) is 3.71. The number of sulfonamides is 1. The number of aryl methyl sites for hydroxylation is 1. The number of benzene rings is 1. The van der Waals surface area contributed by atoms with Gasteiger partial charge in [0.15, 0.2) is 11.5 Å². The van der Waals surface area contributed by atoms with E-state index in [0.29, 0.717) is 17.9 Å². The predicted octanol–water partition coefficient (Wildman–Crippen LogP) is 0.246. The van der Waals surface area contributed by atoms with Gasteiger partial charge in [-0.25, -0.2) is 13.6 Å². The molecule has 6 heteroatoms. The second-order valence-electron chi connectivity index (χ2n) is 3.30. The van der Waals surface area contributed by atoms with Gasteiger partial charge in [0.2, 0.25) is 16.8 Å². The number of hydrogen-bond acceptors (Lipinski definition) is 4. The number of ether oxygens (including phenoxy) is 2. The van der Waals surface area contributed by atoms with E-state index in [1.807, 2.05) is 0 Å². The van der Waals surface area contributed by atoms with Crippen LogP contribution in [0, 0.1) is 0 Å². The molecule has 0 atom stereocenters. The zero-order chi connectivity index (χ0) is 10.9. The van der Waals surface area contributed by atoms with Crippen molar-refractivity contribution in [3.05, 3.63) is 23.8 Å². The molecule has 0 saturated carbocycles. The molecule has 2 rings (SSSR count). The number of hydrogen-bond donors (Lipinski definition) is 1. The molecule has 0 unspecified atom stereocenters. The second-order valence-corrected chi connectivity index (χ2v) is 5.04. The summed E-state index contributed by atoms with van der Waals surface area (Å²) in [6.07, 6.45) is 0.384. The lowest BCUT2D eigenvalue weighted by molar-refractivity contribution is 0.174. The zero-order valence-electron chi connectivity index (χ0n) is 7.97. The van der Waals surface area contributed by atoms with Gasteiger partial charge in [-0.2, -0.15) is 0 Å². The molecule has 0 aromatic heterocycles. The van der Waals surface area contributed by atoms with Gasteiger partial charge >= 0.3 is 0 Å². The summed E-state index contributed by atoms with van der Waals surface area (Å²) in [6.45, 7) is 0.216. The van der Waals surface area contributed by atoms with Crippen molar-refractivity contribution in [2.45, 2.75) is 6.42 Å². The van der Waals surface area contributed by atoms with E-state index in [1.165, 1.54) is 0 Å². The Bertz CT molecular complexity index is 469. The molecule has 5 nitrogen and oxygen atoms in total. The van der Waals surface area contributed by atoms with E-state index >= 15 is 0 Å². The molecule has 82 valence electrons. The molecule has 1 aliphatic rings. The fraction of sp³-hybridized carbons (Fsp3) is 0.333. The molecule has 0 saturated heterocycles. The Balaban J connectivity index is 2.10. The highest BCUT2D eigenvalue weighted by atomic mass is 32.2. The SMILES string of the molecule is NS(=O)(=O)CCc1ccc2c(c1)OCO2. The van der Waals surface area contributed by atoms with Crippen molar-refractivity contribution in [3.63, 3.8) is 0 Å². The van der Waals surface area contributed by atoms with Crippen molar-refractivity contribution in [3.8, 4) is 11.5 Å². The van der Waals surface area contributed by atoms with Gasteiger partial charge in [-0.3, -0.25) is 0 Å². The molecule has 0 fully saturated rings. The van der Waals surface area contributed by atoms with E-state index in [4.69, 9.17) is 14.6 Å². The highest BCUT2D eigenvalue weighted by molar-refractivity contribution is 7.89. The van der Waals surface area contributed by atoms with Crippen LogP contribution < -0.4 is 14.6 Å². The van der Waals surface area contributed by atoms with Crippen LogP contribution in [0.15, 0.2) is 18.2 Å². The van der Waals surface area contributed by atoms with E-state index in [0.717, 1.165) is 5.56 Å². The number of rotatable bonds is 3. The first-order valence-corrected chi connectivity index (χ1v) is 6.15. The van der Waals surface area contributed by atoms with E-state index in [-0.39, 0.29) is 12.5 Å². The molecule has 0 bridgehead atoms. The third-order valence-electron chi connectivity index (χ3n) is 2.11. The van der Waals surface area contributed by atoms with Crippen LogP contribution in [-0.2, 0) is 16.4 Å². The summed E-state index contributed by atoms with van der Waals surface area (Å²) < 4.78 is 31.8. The lowest BCUT2D eigenvalue weighted by Crippen LogP contribution is -2.17. The summed E-state index contributed by atoms with van der Waals surface area (Å²) in [5.41, 5.74) is 0.869. The summed E-state index contributed by atoms with van der Waals surface area (Å²) >= 11 is 0. The maximum Gasteiger partial charge on any atom is 0.231 e. The third-order valence-corrected chi connectivity index (χ3v) is 2.89. The molecular formula is C9H11NO4S. The fourth-order valence-corrected chi connectivity index (χ4v) is 1.88. The maximum atomic E-state index is 10.8. The molecule has 1 aromatic carbocycles. The topological polar surface area (TPSA) is 78.6 Å². The summed E-state index contributed by atoms with van der Waals surface area (Å²) in [6, 6.07) is 5.34. The minimum absolute atomic E-state index is 0.0629. The standard InChI is InChI=1S/C9H11NO4S/c10-15(11,12)4-3-7-1-2-8-9(5-7)14-6-13-8/h1-2,5H,3-4,6H2,(H2,10,11,12). The van der Waals surface area contributed by atoms with Gasteiger partial charge in [-0.05, 0) is 24.1 Å². The quantitative estimate of drug-likeness (QED) is 0.805. The van der Waals surface area contributed by atoms with Crippen LogP contribution in [0.3, 0.4) is 0 Å². The Kier molecular flexibility index (Phi) is 2.54. The highest BCUT2D eigenvalue weighted by Gasteiger charge is 2.13. The van der Waals surface area contributed by atoms with Gasteiger partial charge in [0.25, 0.3) is 0 Å². The normalized spacial score (nSPS) is 14.2. The van der Waals surface area contributed by atoms with Crippen LogP contribution in [0.2, 0.25) is 0 Å². The van der Waals surface area contributed by atoms with Gasteiger partial charge < -0.3 is 9.47 Å². The van der Waals surface area contributed by atoms with Crippen LogP contribution in [0.5, 0.6) is 11.5 Å². The minimum atomic E-state index is -3.41. The highest BCUT2D eigenvalue weighted by Crippen LogP contribution is 2.32. The summed E-state index contributed by atoms with van der Waals surface area (Å²) in [7, 11) is -3.41. The third kappa shape index (κ3) is 2.60. The molecule has 0 aliphatic carbocycles. The first kappa shape index (κ1) is 10.3. The predicted molar refractivity (Wildman–Crippen MR) is 54.2 cm³/mol. The zero-order valence-corrected chi connectivity index (χ0v) is 8.79. The monoisotopic (exact) mass is 229 g/mol. The Hall–Kier alpha value is -1.27. The van der Waals surface area contributed by atoms with Crippen molar-refractivity contribution in [2.75, 3.05) is 12.5 Å². The largest absolute Gasteiger partial charge is 0.454 e. The first-order chi connectivity index (χ1) is 7.04. The van der Waals surface area contributed by atoms with Crippen molar-refractivity contribution >= 4 is 10.0 Å². The van der Waals surface area contributed by atoms with Gasteiger partial charge in [0, 0.05) is 0 Å². The molecule has 1 heterocycles. The fourth-order valence-electron chi connectivity index (χ4n) is 1.36. The van der Waals surface area contributed by atoms with E-state index < -0.39 is 10.0 Å². The number of fused-ring (bicyclic) bond motifs is 1. The van der Waals surface area contributed by atoms with Gasteiger partial charge in [0.05, 0.1) is 5.75 Å². The van der Waals surface area contributed by atoms with Crippen molar-refractivity contribution in [1.82, 2.24) is 0 Å². The van der Waals surface area contributed by atoms with Crippen LogP contribution in [-0.4, -0.2) is 21.0 Å². The van der Waals surface area contributed by atoms with Crippen molar-refractivity contribution < 1.29 is 17.9 Å². The van der Waals surface area contributed by atoms with Crippen LogP contribution >= 0.6 is 0 Å². The molecule has 0 amide bonds. The average Bonchev–Trinajstić information content (AvgIpc) is 2.60. The Morgan fingerprint density at radius 3 is 2.73 bits per heavy atom. The summed E-state index contributed by atoms with van der Waals surface area (Å²) in [5.74, 6) is 1.28. The van der Waals surface area contributed by atoms with Crippen LogP contribution in [0.1, 0.15) is 5.56 Å². The molecule has 1 aromatic rings. The number of primary sulfonamides is 1. The Labute approximate surface area is 87.8 Å². The summed E-state index contributed by atoms with van der Waals surface area (Å²) in [5, 5.41) is 4.91. The van der Waals surface area contributed by atoms with E-state index in [9.17, 15) is 8.42 Å². The molecular weight excluding hydrogens is 218 g/mol. The average molecular weight is 229 g/mol. The first-order valence-electron chi connectivity index (χ1n) is 4.43. The van der Waals surface area contributed by atoms with Crippen LogP contribution in [0.25, 0.3) is 0 Å². The van der Waals surface area contributed by atoms with Gasteiger partial charge in [-0.1, -0.05) is 6.07 Å². The minimum Gasteiger partial charge on any atom is -0.454 e. The Morgan fingerprint density at radius 1 is 1.27 bits per heavy atom. The van der Waals surface area contributed by atoms with Gasteiger partial charge in [0.1, 0.15) is 0 Å². The molecule has 0 radical (unpaired) electrons. The smallest absolute Gasteiger partial charge is 0.231 e. The van der Waals surface area contributed by atoms with E-state index in [2.05, 4.69) is 0 Å². The molecule has 1 aliphatic heterocycles. The van der Waals surface area contributed by atoms with E-state index in [1.54, 1.807) is 18.2 Å². The van der Waals surface area contributed by atoms with Crippen molar-refractivity contribution in [2.24, 2.45) is 5.14 Å². The number of nitrogens with two attached hydrogens (primary N) is 1. The van der Waals surface area contributed by atoms with Gasteiger partial charge in [-0.15, -0.1) is 0 Å².